The fraction of sp³-hybridized carbons (Fsp3) is 0.0455. The first-order chi connectivity index (χ1) is 14.3. The molecule has 0 aliphatic rings. The van der Waals surface area contributed by atoms with Crippen LogP contribution in [0.4, 0.5) is 0 Å². The van der Waals surface area contributed by atoms with Gasteiger partial charge in [0.1, 0.15) is 5.75 Å². The van der Waals surface area contributed by atoms with Crippen LogP contribution < -0.4 is 10.2 Å². The number of aryl methyl sites for hydroxylation is 1. The Hall–Kier alpha value is -2.67. The number of ether oxygens (including phenoxy) is 1. The maximum Gasteiger partial charge on any atom is 0.343 e. The minimum absolute atomic E-state index is 0.213. The van der Waals surface area contributed by atoms with Gasteiger partial charge in [-0.05, 0) is 55.5 Å². The average molecular weight is 506 g/mol. The Morgan fingerprint density at radius 2 is 1.87 bits per heavy atom. The van der Waals surface area contributed by atoms with Crippen LogP contribution in [0.15, 0.2) is 70.2 Å². The van der Waals surface area contributed by atoms with E-state index in [2.05, 4.69) is 26.5 Å². The van der Waals surface area contributed by atoms with E-state index in [1.165, 1.54) is 18.3 Å². The summed E-state index contributed by atoms with van der Waals surface area (Å²) < 4.78 is 6.27. The van der Waals surface area contributed by atoms with Crippen molar-refractivity contribution < 1.29 is 14.3 Å². The average Bonchev–Trinajstić information content (AvgIpc) is 2.69. The second-order valence-corrected chi connectivity index (χ2v) is 8.02. The predicted octanol–water partition coefficient (Wildman–Crippen LogP) is 6.05. The van der Waals surface area contributed by atoms with Crippen molar-refractivity contribution in [2.45, 2.75) is 6.92 Å². The molecule has 3 aromatic carbocycles. The molecule has 0 fully saturated rings. The van der Waals surface area contributed by atoms with Gasteiger partial charge in [0.05, 0.1) is 22.4 Å². The van der Waals surface area contributed by atoms with E-state index in [1.54, 1.807) is 42.5 Å². The van der Waals surface area contributed by atoms with E-state index in [0.29, 0.717) is 21.9 Å². The molecule has 1 amide bonds. The summed E-state index contributed by atoms with van der Waals surface area (Å²) in [5.74, 6) is -0.693. The number of carbonyl (C=O) groups is 2. The van der Waals surface area contributed by atoms with Crippen molar-refractivity contribution in [3.05, 3.63) is 97.4 Å². The number of rotatable bonds is 5. The quantitative estimate of drug-likeness (QED) is 0.199. The minimum Gasteiger partial charge on any atom is -0.422 e. The van der Waals surface area contributed by atoms with Gasteiger partial charge in [-0.15, -0.1) is 0 Å². The highest BCUT2D eigenvalue weighted by molar-refractivity contribution is 9.10. The molecule has 3 rings (SSSR count). The van der Waals surface area contributed by atoms with Crippen LogP contribution in [0.3, 0.4) is 0 Å². The smallest absolute Gasteiger partial charge is 0.343 e. The van der Waals surface area contributed by atoms with Gasteiger partial charge in [0.25, 0.3) is 5.91 Å². The molecule has 0 aliphatic carbocycles. The van der Waals surface area contributed by atoms with Crippen LogP contribution in [0, 0.1) is 6.92 Å². The van der Waals surface area contributed by atoms with E-state index in [4.69, 9.17) is 27.9 Å². The van der Waals surface area contributed by atoms with Crippen LogP contribution in [0.2, 0.25) is 10.0 Å². The molecule has 5 nitrogen and oxygen atoms in total. The number of carbonyl (C=O) groups excluding carboxylic acids is 2. The molecule has 0 aromatic heterocycles. The van der Waals surface area contributed by atoms with Gasteiger partial charge in [-0.25, -0.2) is 10.2 Å². The van der Waals surface area contributed by atoms with Crippen LogP contribution in [0.25, 0.3) is 0 Å². The van der Waals surface area contributed by atoms with Crippen LogP contribution in [0.1, 0.15) is 31.8 Å². The second-order valence-electron chi connectivity index (χ2n) is 6.26. The normalized spacial score (nSPS) is 10.8. The van der Waals surface area contributed by atoms with Crippen LogP contribution >= 0.6 is 39.1 Å². The van der Waals surface area contributed by atoms with Gasteiger partial charge in [-0.3, -0.25) is 4.79 Å². The summed E-state index contributed by atoms with van der Waals surface area (Å²) in [5, 5.41) is 4.59. The lowest BCUT2D eigenvalue weighted by molar-refractivity contribution is 0.0734. The molecule has 0 spiro atoms. The zero-order valence-electron chi connectivity index (χ0n) is 15.7. The number of hydrogen-bond acceptors (Lipinski definition) is 4. The third kappa shape index (κ3) is 5.69. The van der Waals surface area contributed by atoms with E-state index >= 15 is 0 Å². The molecule has 0 heterocycles. The topological polar surface area (TPSA) is 67.8 Å². The SMILES string of the molecule is Cc1cccc(C(=O)Oc2ccc(Br)cc2C=NNC(=O)c2ccc(Cl)cc2Cl)c1. The van der Waals surface area contributed by atoms with E-state index < -0.39 is 11.9 Å². The second kappa shape index (κ2) is 9.89. The first-order valence-electron chi connectivity index (χ1n) is 8.70. The standard InChI is InChI=1S/C22H15BrCl2N2O3/c1-13-3-2-4-14(9-13)22(29)30-20-8-5-16(23)10-15(20)12-26-27-21(28)18-7-6-17(24)11-19(18)25/h2-12H,1H3,(H,27,28). The lowest BCUT2D eigenvalue weighted by Crippen LogP contribution is -2.18. The van der Waals surface area contributed by atoms with Crippen LogP contribution in [-0.2, 0) is 0 Å². The summed E-state index contributed by atoms with van der Waals surface area (Å²) in [4.78, 5) is 24.7. The Morgan fingerprint density at radius 3 is 2.60 bits per heavy atom. The minimum atomic E-state index is -0.499. The van der Waals surface area contributed by atoms with Gasteiger partial charge in [0.2, 0.25) is 0 Å². The zero-order chi connectivity index (χ0) is 21.7. The summed E-state index contributed by atoms with van der Waals surface area (Å²) in [6, 6.07) is 16.7. The number of nitrogens with one attached hydrogen (secondary N) is 1. The molecule has 1 N–H and O–H groups in total. The van der Waals surface area contributed by atoms with Crippen molar-refractivity contribution in [3.63, 3.8) is 0 Å². The Morgan fingerprint density at radius 1 is 1.07 bits per heavy atom. The molecule has 0 saturated carbocycles. The molecule has 0 saturated heterocycles. The Balaban J connectivity index is 1.76. The molecule has 0 bridgehead atoms. The summed E-state index contributed by atoms with van der Waals surface area (Å²) in [7, 11) is 0. The van der Waals surface area contributed by atoms with E-state index in [0.717, 1.165) is 10.0 Å². The number of hydrogen-bond donors (Lipinski definition) is 1. The van der Waals surface area contributed by atoms with Crippen molar-refractivity contribution >= 4 is 57.2 Å². The van der Waals surface area contributed by atoms with Crippen molar-refractivity contribution in [2.75, 3.05) is 0 Å². The highest BCUT2D eigenvalue weighted by Crippen LogP contribution is 2.23. The zero-order valence-corrected chi connectivity index (χ0v) is 18.8. The molecular weight excluding hydrogens is 491 g/mol. The Bertz CT molecular complexity index is 1150. The van der Waals surface area contributed by atoms with Gasteiger partial charge in [0, 0.05) is 15.1 Å². The molecular formula is C22H15BrCl2N2O3. The van der Waals surface area contributed by atoms with Crippen LogP contribution in [0.5, 0.6) is 5.75 Å². The van der Waals surface area contributed by atoms with Crippen LogP contribution in [-0.4, -0.2) is 18.1 Å². The van der Waals surface area contributed by atoms with Crippen molar-refractivity contribution in [1.29, 1.82) is 0 Å². The third-order valence-corrected chi connectivity index (χ3v) is 5.01. The molecule has 0 aliphatic heterocycles. The molecule has 0 atom stereocenters. The lowest BCUT2D eigenvalue weighted by Gasteiger charge is -2.08. The fourth-order valence-electron chi connectivity index (χ4n) is 2.54. The summed E-state index contributed by atoms with van der Waals surface area (Å²) in [6.07, 6.45) is 1.38. The summed E-state index contributed by atoms with van der Waals surface area (Å²) >= 11 is 15.2. The van der Waals surface area contributed by atoms with Gasteiger partial charge >= 0.3 is 5.97 Å². The van der Waals surface area contributed by atoms with Crippen molar-refractivity contribution in [1.82, 2.24) is 5.43 Å². The number of hydrazone groups is 1. The summed E-state index contributed by atoms with van der Waals surface area (Å²) in [6.45, 7) is 1.89. The lowest BCUT2D eigenvalue weighted by atomic mass is 10.1. The fourth-order valence-corrected chi connectivity index (χ4v) is 3.41. The monoisotopic (exact) mass is 504 g/mol. The predicted molar refractivity (Wildman–Crippen MR) is 122 cm³/mol. The van der Waals surface area contributed by atoms with Crippen molar-refractivity contribution in [3.8, 4) is 5.75 Å². The highest BCUT2D eigenvalue weighted by Gasteiger charge is 2.13. The first kappa shape index (κ1) is 22.0. The largest absolute Gasteiger partial charge is 0.422 e. The maximum atomic E-state index is 12.5. The molecule has 8 heteroatoms. The Labute approximate surface area is 191 Å². The van der Waals surface area contributed by atoms with Gasteiger partial charge in [-0.2, -0.15) is 5.10 Å². The number of esters is 1. The van der Waals surface area contributed by atoms with E-state index in [-0.39, 0.29) is 10.6 Å². The summed E-state index contributed by atoms with van der Waals surface area (Å²) in [5.41, 5.74) is 4.51. The molecule has 30 heavy (non-hydrogen) atoms. The highest BCUT2D eigenvalue weighted by atomic mass is 79.9. The van der Waals surface area contributed by atoms with E-state index in [1.807, 2.05) is 13.0 Å². The molecule has 3 aromatic rings. The number of amides is 1. The third-order valence-electron chi connectivity index (χ3n) is 3.97. The maximum absolute atomic E-state index is 12.5. The number of halogens is 3. The van der Waals surface area contributed by atoms with Crippen molar-refractivity contribution in [2.24, 2.45) is 5.10 Å². The Kier molecular flexibility index (Phi) is 7.26. The van der Waals surface area contributed by atoms with Gasteiger partial charge in [0.15, 0.2) is 0 Å². The van der Waals surface area contributed by atoms with Gasteiger partial charge in [-0.1, -0.05) is 56.8 Å². The molecule has 152 valence electrons. The number of nitrogens with zero attached hydrogens (tertiary/aromatic N) is 1. The van der Waals surface area contributed by atoms with Gasteiger partial charge < -0.3 is 4.74 Å². The molecule has 0 unspecified atom stereocenters. The van der Waals surface area contributed by atoms with E-state index in [9.17, 15) is 9.59 Å². The molecule has 0 radical (unpaired) electrons. The first-order valence-corrected chi connectivity index (χ1v) is 10.3. The number of benzene rings is 3.